The van der Waals surface area contributed by atoms with Gasteiger partial charge >= 0.3 is 0 Å². The van der Waals surface area contributed by atoms with Gasteiger partial charge in [-0.05, 0) is 20.4 Å². The molecule has 92 valence electrons. The Morgan fingerprint density at radius 1 is 1.50 bits per heavy atom. The second-order valence-corrected chi connectivity index (χ2v) is 4.25. The highest BCUT2D eigenvalue weighted by Crippen LogP contribution is 1.96. The van der Waals surface area contributed by atoms with Crippen LogP contribution in [0.15, 0.2) is 6.20 Å². The van der Waals surface area contributed by atoms with Crippen molar-refractivity contribution in [1.82, 2.24) is 25.2 Å². The average Bonchev–Trinajstić information content (AvgIpc) is 2.64. The summed E-state index contributed by atoms with van der Waals surface area (Å²) in [5.41, 5.74) is 1.12. The molecule has 1 heterocycles. The first-order chi connectivity index (χ1) is 7.65. The number of nitrogens with zero attached hydrogens (tertiary/aromatic N) is 4. The number of nitrogens with one attached hydrogen (secondary N) is 1. The van der Waals surface area contributed by atoms with E-state index < -0.39 is 0 Å². The molecule has 0 aliphatic rings. The predicted octanol–water partition coefficient (Wildman–Crippen LogP) is 0.635. The van der Waals surface area contributed by atoms with Crippen LogP contribution in [0.2, 0.25) is 0 Å². The van der Waals surface area contributed by atoms with Crippen molar-refractivity contribution in [2.45, 2.75) is 33.4 Å². The second kappa shape index (κ2) is 6.60. The molecule has 0 aliphatic carbocycles. The maximum absolute atomic E-state index is 3.89. The van der Waals surface area contributed by atoms with E-state index in [2.05, 4.69) is 41.3 Å². The van der Waals surface area contributed by atoms with Gasteiger partial charge in [-0.2, -0.15) is 0 Å². The van der Waals surface area contributed by atoms with Gasteiger partial charge in [0.1, 0.15) is 0 Å². The van der Waals surface area contributed by atoms with E-state index in [-0.39, 0.29) is 0 Å². The fourth-order valence-electron chi connectivity index (χ4n) is 1.69. The predicted molar refractivity (Wildman–Crippen MR) is 65.1 cm³/mol. The minimum absolute atomic E-state index is 0.616. The summed E-state index contributed by atoms with van der Waals surface area (Å²) in [4.78, 5) is 2.44. The third kappa shape index (κ3) is 3.90. The fraction of sp³-hybridized carbons (Fsp3) is 0.818. The van der Waals surface area contributed by atoms with Crippen molar-refractivity contribution >= 4 is 0 Å². The molecule has 1 N–H and O–H groups in total. The maximum Gasteiger partial charge on any atom is 0.0738 e. The van der Waals surface area contributed by atoms with E-state index in [1.165, 1.54) is 0 Å². The minimum atomic E-state index is 0.616. The van der Waals surface area contributed by atoms with Crippen LogP contribution in [0.4, 0.5) is 0 Å². The zero-order valence-electron chi connectivity index (χ0n) is 10.8. The van der Waals surface area contributed by atoms with Crippen LogP contribution in [0.3, 0.4) is 0 Å². The number of hydrogen-bond acceptors (Lipinski definition) is 4. The smallest absolute Gasteiger partial charge is 0.0738 e. The molecule has 16 heavy (non-hydrogen) atoms. The number of likely N-dealkylation sites (N-methyl/N-ethyl adjacent to an activating group) is 1. The largest absolute Gasteiger partial charge is 0.310 e. The van der Waals surface area contributed by atoms with E-state index >= 15 is 0 Å². The van der Waals surface area contributed by atoms with E-state index in [4.69, 9.17) is 0 Å². The third-order valence-electron chi connectivity index (χ3n) is 2.83. The summed E-state index contributed by atoms with van der Waals surface area (Å²) in [6.45, 7) is 10.7. The zero-order chi connectivity index (χ0) is 12.0. The highest BCUT2D eigenvalue weighted by Gasteiger charge is 2.05. The molecule has 0 bridgehead atoms. The first kappa shape index (κ1) is 13.1. The highest BCUT2D eigenvalue weighted by atomic mass is 15.4. The minimum Gasteiger partial charge on any atom is -0.310 e. The van der Waals surface area contributed by atoms with Gasteiger partial charge in [-0.3, -0.25) is 9.58 Å². The van der Waals surface area contributed by atoms with E-state index in [1.807, 2.05) is 7.05 Å². The number of hydrogen-bond donors (Lipinski definition) is 1. The van der Waals surface area contributed by atoms with Crippen molar-refractivity contribution in [2.24, 2.45) is 7.05 Å². The van der Waals surface area contributed by atoms with Crippen molar-refractivity contribution in [2.75, 3.05) is 19.6 Å². The Morgan fingerprint density at radius 2 is 2.25 bits per heavy atom. The van der Waals surface area contributed by atoms with Gasteiger partial charge in [0, 0.05) is 32.7 Å². The first-order valence-corrected chi connectivity index (χ1v) is 5.93. The molecule has 0 aliphatic heterocycles. The van der Waals surface area contributed by atoms with Crippen LogP contribution in [0.5, 0.6) is 0 Å². The number of rotatable bonds is 7. The molecular formula is C11H23N5. The Balaban J connectivity index is 2.19. The second-order valence-electron chi connectivity index (χ2n) is 4.25. The number of aryl methyl sites for hydroxylation is 1. The van der Waals surface area contributed by atoms with Gasteiger partial charge in [0.05, 0.1) is 11.9 Å². The van der Waals surface area contributed by atoms with Gasteiger partial charge in [0.15, 0.2) is 0 Å². The molecule has 0 unspecified atom stereocenters. The Labute approximate surface area is 97.8 Å². The molecule has 0 fully saturated rings. The van der Waals surface area contributed by atoms with Crippen LogP contribution >= 0.6 is 0 Å². The monoisotopic (exact) mass is 225 g/mol. The molecule has 5 nitrogen and oxygen atoms in total. The first-order valence-electron chi connectivity index (χ1n) is 5.93. The Hall–Kier alpha value is -0.940. The van der Waals surface area contributed by atoms with E-state index in [0.29, 0.717) is 6.04 Å². The number of aromatic nitrogens is 3. The topological polar surface area (TPSA) is 46.0 Å². The molecule has 1 aromatic heterocycles. The highest BCUT2D eigenvalue weighted by molar-refractivity contribution is 4.92. The van der Waals surface area contributed by atoms with E-state index in [9.17, 15) is 0 Å². The summed E-state index contributed by atoms with van der Waals surface area (Å²) in [5, 5.41) is 11.1. The molecule has 0 radical (unpaired) electrons. The molecule has 0 spiro atoms. The summed E-state index contributed by atoms with van der Waals surface area (Å²) >= 11 is 0. The molecule has 0 atom stereocenters. The molecular weight excluding hydrogens is 202 g/mol. The fourth-order valence-corrected chi connectivity index (χ4v) is 1.69. The molecule has 0 amide bonds. The van der Waals surface area contributed by atoms with Crippen molar-refractivity contribution in [3.05, 3.63) is 11.9 Å². The lowest BCUT2D eigenvalue weighted by molar-refractivity contribution is 0.233. The molecule has 1 rings (SSSR count). The van der Waals surface area contributed by atoms with E-state index in [1.54, 1.807) is 10.9 Å². The Bertz CT molecular complexity index is 294. The van der Waals surface area contributed by atoms with Crippen molar-refractivity contribution in [3.63, 3.8) is 0 Å². The van der Waals surface area contributed by atoms with Crippen LogP contribution in [0.1, 0.15) is 26.5 Å². The molecule has 0 aromatic carbocycles. The van der Waals surface area contributed by atoms with Gasteiger partial charge in [-0.15, -0.1) is 5.10 Å². The Kier molecular flexibility index (Phi) is 5.42. The van der Waals surface area contributed by atoms with Crippen LogP contribution in [-0.4, -0.2) is 45.6 Å². The van der Waals surface area contributed by atoms with Gasteiger partial charge < -0.3 is 5.32 Å². The standard InChI is InChI=1S/C11H23N5/c1-5-16(10(2)3)7-6-12-8-11-9-13-14-15(11)4/h9-10,12H,5-8H2,1-4H3. The van der Waals surface area contributed by atoms with Crippen molar-refractivity contribution in [3.8, 4) is 0 Å². The molecule has 0 saturated heterocycles. The molecule has 5 heteroatoms. The molecule has 1 aromatic rings. The lowest BCUT2D eigenvalue weighted by Crippen LogP contribution is -2.36. The normalized spacial score (nSPS) is 11.6. The quantitative estimate of drug-likeness (QED) is 0.692. The van der Waals surface area contributed by atoms with Crippen LogP contribution in [0, 0.1) is 0 Å². The van der Waals surface area contributed by atoms with Crippen molar-refractivity contribution < 1.29 is 0 Å². The average molecular weight is 225 g/mol. The summed E-state index contributed by atoms with van der Waals surface area (Å²) < 4.78 is 1.80. The Morgan fingerprint density at radius 3 is 2.75 bits per heavy atom. The van der Waals surface area contributed by atoms with Crippen molar-refractivity contribution in [1.29, 1.82) is 0 Å². The van der Waals surface area contributed by atoms with E-state index in [0.717, 1.165) is 31.9 Å². The lowest BCUT2D eigenvalue weighted by Gasteiger charge is -2.24. The van der Waals surface area contributed by atoms with Gasteiger partial charge in [-0.1, -0.05) is 12.1 Å². The maximum atomic E-state index is 3.89. The third-order valence-corrected chi connectivity index (χ3v) is 2.83. The molecule has 0 saturated carbocycles. The van der Waals surface area contributed by atoms with Gasteiger partial charge in [-0.25, -0.2) is 0 Å². The van der Waals surface area contributed by atoms with Gasteiger partial charge in [0.2, 0.25) is 0 Å². The van der Waals surface area contributed by atoms with Crippen LogP contribution < -0.4 is 5.32 Å². The summed E-state index contributed by atoms with van der Waals surface area (Å²) in [6.07, 6.45) is 1.80. The zero-order valence-corrected chi connectivity index (χ0v) is 10.8. The summed E-state index contributed by atoms with van der Waals surface area (Å²) in [5.74, 6) is 0. The summed E-state index contributed by atoms with van der Waals surface area (Å²) in [6, 6.07) is 0.616. The SMILES string of the molecule is CCN(CCNCc1cnnn1C)C(C)C. The lowest BCUT2D eigenvalue weighted by atomic mass is 10.3. The van der Waals surface area contributed by atoms with Gasteiger partial charge in [0.25, 0.3) is 0 Å². The van der Waals surface area contributed by atoms with Crippen LogP contribution in [0.25, 0.3) is 0 Å². The van der Waals surface area contributed by atoms with Crippen LogP contribution in [-0.2, 0) is 13.6 Å². The summed E-state index contributed by atoms with van der Waals surface area (Å²) in [7, 11) is 1.91.